The van der Waals surface area contributed by atoms with Gasteiger partial charge in [0.1, 0.15) is 12.4 Å². The second-order valence-corrected chi connectivity index (χ2v) is 7.01. The van der Waals surface area contributed by atoms with Crippen LogP contribution >= 0.6 is 0 Å². The lowest BCUT2D eigenvalue weighted by Gasteiger charge is -2.13. The highest BCUT2D eigenvalue weighted by atomic mass is 16.5. The number of carbonyl (C=O) groups excluding carboxylic acids is 1. The Labute approximate surface area is 172 Å². The lowest BCUT2D eigenvalue weighted by atomic mass is 9.98. The van der Waals surface area contributed by atoms with Crippen molar-refractivity contribution in [1.29, 1.82) is 0 Å². The minimum atomic E-state index is -0.617. The zero-order valence-corrected chi connectivity index (χ0v) is 15.9. The molecule has 148 valence electrons. The highest BCUT2D eigenvalue weighted by molar-refractivity contribution is 5.83. The molecule has 0 unspecified atom stereocenters. The Kier molecular flexibility index (Phi) is 4.40. The molecule has 30 heavy (non-hydrogen) atoms. The fourth-order valence-corrected chi connectivity index (χ4v) is 3.79. The Bertz CT molecular complexity index is 1170. The minimum absolute atomic E-state index is 0.0112. The number of nitrogens with one attached hydrogen (secondary N) is 2. The Balaban J connectivity index is 1.27. The molecule has 0 fully saturated rings. The molecule has 7 heteroatoms. The number of phenolic OH excluding ortho intramolecular Hbond substituents is 1. The molecule has 0 spiro atoms. The van der Waals surface area contributed by atoms with E-state index in [2.05, 4.69) is 44.8 Å². The van der Waals surface area contributed by atoms with Gasteiger partial charge < -0.3 is 9.84 Å². The first kappa shape index (κ1) is 17.9. The number of aromatic amines is 1. The molecular weight excluding hydrogens is 380 g/mol. The van der Waals surface area contributed by atoms with Gasteiger partial charge in [-0.15, -0.1) is 5.10 Å². The van der Waals surface area contributed by atoms with E-state index in [9.17, 15) is 9.90 Å². The fourth-order valence-electron chi connectivity index (χ4n) is 3.79. The molecular formula is C23H18N4O3. The van der Waals surface area contributed by atoms with E-state index in [0.717, 1.165) is 16.7 Å². The van der Waals surface area contributed by atoms with Gasteiger partial charge in [-0.05, 0) is 46.5 Å². The van der Waals surface area contributed by atoms with Gasteiger partial charge in [0.05, 0.1) is 0 Å². The number of hydrogen-bond donors (Lipinski definition) is 3. The van der Waals surface area contributed by atoms with Crippen molar-refractivity contribution in [3.63, 3.8) is 0 Å². The first-order chi connectivity index (χ1) is 14.7. The number of nitrogens with zero attached hydrogens (tertiary/aromatic N) is 2. The second-order valence-electron chi connectivity index (χ2n) is 7.01. The predicted octanol–water partition coefficient (Wildman–Crippen LogP) is 4.54. The molecule has 0 aliphatic heterocycles. The largest absolute Gasteiger partial charge is 0.508 e. The van der Waals surface area contributed by atoms with Gasteiger partial charge in [-0.25, -0.2) is 4.79 Å². The third-order valence-electron chi connectivity index (χ3n) is 5.18. The molecule has 4 aromatic rings. The van der Waals surface area contributed by atoms with Gasteiger partial charge in [0.2, 0.25) is 0 Å². The zero-order chi connectivity index (χ0) is 20.5. The Hall–Kier alpha value is -4.13. The van der Waals surface area contributed by atoms with Crippen molar-refractivity contribution in [1.82, 2.24) is 15.2 Å². The second kappa shape index (κ2) is 7.36. The van der Waals surface area contributed by atoms with Gasteiger partial charge in [-0.3, -0.25) is 10.4 Å². The molecule has 0 atom stereocenters. The summed E-state index contributed by atoms with van der Waals surface area (Å²) >= 11 is 0. The number of fused-ring (bicyclic) bond motifs is 3. The van der Waals surface area contributed by atoms with Gasteiger partial charge in [-0.2, -0.15) is 4.98 Å². The molecule has 1 aliphatic carbocycles. The van der Waals surface area contributed by atoms with Crippen LogP contribution < -0.4 is 5.32 Å². The molecule has 0 radical (unpaired) electrons. The molecule has 1 amide bonds. The molecule has 1 aromatic heterocycles. The van der Waals surface area contributed by atoms with Crippen LogP contribution in [0.1, 0.15) is 17.0 Å². The van der Waals surface area contributed by atoms with Crippen LogP contribution in [0.5, 0.6) is 5.75 Å². The van der Waals surface area contributed by atoms with E-state index in [-0.39, 0.29) is 24.2 Å². The number of carbonyl (C=O) groups is 1. The van der Waals surface area contributed by atoms with Gasteiger partial charge >= 0.3 is 6.09 Å². The molecule has 0 saturated carbocycles. The normalized spacial score (nSPS) is 12.3. The summed E-state index contributed by atoms with van der Waals surface area (Å²) in [6.45, 7) is 0.217. The maximum Gasteiger partial charge on any atom is 0.414 e. The van der Waals surface area contributed by atoms with E-state index < -0.39 is 6.09 Å². The molecule has 3 N–H and O–H groups in total. The topological polar surface area (TPSA) is 100 Å². The number of phenols is 1. The van der Waals surface area contributed by atoms with Crippen LogP contribution in [-0.2, 0) is 4.74 Å². The zero-order valence-electron chi connectivity index (χ0n) is 15.9. The van der Waals surface area contributed by atoms with Crippen LogP contribution in [0.25, 0.3) is 22.5 Å². The highest BCUT2D eigenvalue weighted by Crippen LogP contribution is 2.44. The maximum absolute atomic E-state index is 12.3. The summed E-state index contributed by atoms with van der Waals surface area (Å²) in [7, 11) is 0. The number of benzene rings is 3. The van der Waals surface area contributed by atoms with Crippen molar-refractivity contribution in [3.8, 4) is 28.3 Å². The van der Waals surface area contributed by atoms with Crippen LogP contribution in [0.15, 0.2) is 72.8 Å². The first-order valence-corrected chi connectivity index (χ1v) is 9.53. The SMILES string of the molecule is O=C(Nc1n[nH]c(-c2ccc(O)cc2)n1)OCC1c2ccccc2-c2ccccc21. The quantitative estimate of drug-likeness (QED) is 0.469. The van der Waals surface area contributed by atoms with E-state index in [4.69, 9.17) is 4.74 Å². The van der Waals surface area contributed by atoms with Crippen molar-refractivity contribution < 1.29 is 14.6 Å². The van der Waals surface area contributed by atoms with Gasteiger partial charge in [0, 0.05) is 11.5 Å². The number of aromatic hydroxyl groups is 1. The Morgan fingerprint density at radius 1 is 0.967 bits per heavy atom. The summed E-state index contributed by atoms with van der Waals surface area (Å²) in [6, 6.07) is 22.8. The number of amides is 1. The number of aromatic nitrogens is 3. The van der Waals surface area contributed by atoms with Gasteiger partial charge in [0.25, 0.3) is 5.95 Å². The number of ether oxygens (including phenoxy) is 1. The van der Waals surface area contributed by atoms with Crippen molar-refractivity contribution in [2.24, 2.45) is 0 Å². The number of rotatable bonds is 4. The number of anilines is 1. The average molecular weight is 398 g/mol. The number of H-pyrrole nitrogens is 1. The Morgan fingerprint density at radius 3 is 2.27 bits per heavy atom. The van der Waals surface area contributed by atoms with Crippen LogP contribution in [0.3, 0.4) is 0 Å². The van der Waals surface area contributed by atoms with Crippen LogP contribution in [0.4, 0.5) is 10.7 Å². The molecule has 0 bridgehead atoms. The standard InChI is InChI=1S/C23H18N4O3/c28-15-11-9-14(10-12-15)21-24-22(27-26-21)25-23(29)30-13-20-18-7-3-1-5-16(18)17-6-2-4-8-19(17)20/h1-12,20,28H,13H2,(H2,24,25,26,27,29). The molecule has 1 aliphatic rings. The van der Waals surface area contributed by atoms with Gasteiger partial charge in [0.15, 0.2) is 5.82 Å². The predicted molar refractivity (Wildman–Crippen MR) is 112 cm³/mol. The lowest BCUT2D eigenvalue weighted by molar-refractivity contribution is 0.158. The average Bonchev–Trinajstić information content (AvgIpc) is 3.36. The van der Waals surface area contributed by atoms with E-state index in [0.29, 0.717) is 5.82 Å². The molecule has 3 aromatic carbocycles. The third-order valence-corrected chi connectivity index (χ3v) is 5.18. The molecule has 1 heterocycles. The highest BCUT2D eigenvalue weighted by Gasteiger charge is 2.29. The summed E-state index contributed by atoms with van der Waals surface area (Å²) < 4.78 is 5.50. The lowest BCUT2D eigenvalue weighted by Crippen LogP contribution is -2.18. The molecule has 5 rings (SSSR count). The van der Waals surface area contributed by atoms with Crippen molar-refractivity contribution in [3.05, 3.63) is 83.9 Å². The van der Waals surface area contributed by atoms with E-state index >= 15 is 0 Å². The first-order valence-electron chi connectivity index (χ1n) is 9.53. The maximum atomic E-state index is 12.3. The van der Waals surface area contributed by atoms with Crippen LogP contribution in [0.2, 0.25) is 0 Å². The molecule has 0 saturated heterocycles. The monoisotopic (exact) mass is 398 g/mol. The summed E-state index contributed by atoms with van der Waals surface area (Å²) in [5, 5.41) is 18.7. The van der Waals surface area contributed by atoms with E-state index in [1.807, 2.05) is 24.3 Å². The summed E-state index contributed by atoms with van der Waals surface area (Å²) in [5.41, 5.74) is 5.39. The van der Waals surface area contributed by atoms with Gasteiger partial charge in [-0.1, -0.05) is 48.5 Å². The van der Waals surface area contributed by atoms with Crippen molar-refractivity contribution in [2.75, 3.05) is 11.9 Å². The Morgan fingerprint density at radius 2 is 1.60 bits per heavy atom. The fraction of sp³-hybridized carbons (Fsp3) is 0.0870. The third kappa shape index (κ3) is 3.26. The number of hydrogen-bond acceptors (Lipinski definition) is 5. The van der Waals surface area contributed by atoms with Crippen LogP contribution in [0, 0.1) is 0 Å². The molecule has 7 nitrogen and oxygen atoms in total. The van der Waals surface area contributed by atoms with E-state index in [1.165, 1.54) is 11.1 Å². The smallest absolute Gasteiger partial charge is 0.414 e. The van der Waals surface area contributed by atoms with E-state index in [1.54, 1.807) is 24.3 Å². The minimum Gasteiger partial charge on any atom is -0.508 e. The summed E-state index contributed by atoms with van der Waals surface area (Å²) in [6.07, 6.45) is -0.617. The van der Waals surface area contributed by atoms with Crippen LogP contribution in [-0.4, -0.2) is 33.0 Å². The summed E-state index contributed by atoms with van der Waals surface area (Å²) in [4.78, 5) is 16.6. The summed E-state index contributed by atoms with van der Waals surface area (Å²) in [5.74, 6) is 0.748. The van der Waals surface area contributed by atoms with Crippen molar-refractivity contribution in [2.45, 2.75) is 5.92 Å². The van der Waals surface area contributed by atoms with Crippen molar-refractivity contribution >= 4 is 12.0 Å².